The van der Waals surface area contributed by atoms with Crippen molar-refractivity contribution in [3.63, 3.8) is 0 Å². The summed E-state index contributed by atoms with van der Waals surface area (Å²) in [7, 11) is 0. The van der Waals surface area contributed by atoms with Crippen LogP contribution >= 0.6 is 0 Å². The topological polar surface area (TPSA) is 189 Å². The van der Waals surface area contributed by atoms with Gasteiger partial charge in [-0.3, -0.25) is 4.79 Å². The number of carbonyl (C=O) groups is 1. The molecule has 512 valence electrons. The van der Waals surface area contributed by atoms with E-state index in [1.807, 2.05) is 0 Å². The minimum absolute atomic E-state index is 0.242. The van der Waals surface area contributed by atoms with Gasteiger partial charge in [-0.05, 0) is 89.9 Å². The fourth-order valence-electron chi connectivity index (χ4n) is 12.1. The van der Waals surface area contributed by atoms with Crippen LogP contribution in [0.3, 0.4) is 0 Å². The van der Waals surface area contributed by atoms with Crippen molar-refractivity contribution >= 4 is 5.91 Å². The Hall–Kier alpha value is -1.93. The molecular formula is C76H143NO10. The first kappa shape index (κ1) is 83.1. The maximum Gasteiger partial charge on any atom is 0.249 e. The van der Waals surface area contributed by atoms with Crippen molar-refractivity contribution in [2.24, 2.45) is 0 Å². The lowest BCUT2D eigenvalue weighted by molar-refractivity contribution is -0.303. The number of ether oxygens (including phenoxy) is 2. The van der Waals surface area contributed by atoms with Gasteiger partial charge >= 0.3 is 0 Å². The average Bonchev–Trinajstić information content (AvgIpc) is 1.81. The van der Waals surface area contributed by atoms with Gasteiger partial charge in [-0.2, -0.15) is 0 Å². The Kier molecular flexibility index (Phi) is 61.3. The van der Waals surface area contributed by atoms with Gasteiger partial charge in [0.05, 0.1) is 25.4 Å². The number of amides is 1. The molecule has 8 N–H and O–H groups in total. The van der Waals surface area contributed by atoms with Crippen molar-refractivity contribution in [2.75, 3.05) is 13.2 Å². The summed E-state index contributed by atoms with van der Waals surface area (Å²) in [6.45, 7) is 3.49. The SMILES string of the molecule is CCCCCCCCCCCCCCC/C=C/CC/C=C/CC/C=C/CCCC(O)C(O)C(COC1OC(CO)C(O)C(O)C1O)NC(=O)C(O)CCCCCCCCCCCCCCCCCC/C=C\CCCCCCCCCCCCCCCC. The van der Waals surface area contributed by atoms with E-state index in [1.165, 1.54) is 270 Å². The molecule has 0 aromatic carbocycles. The molecule has 1 heterocycles. The zero-order valence-electron chi connectivity index (χ0n) is 56.8. The van der Waals surface area contributed by atoms with Gasteiger partial charge in [0.2, 0.25) is 5.91 Å². The number of hydrogen-bond acceptors (Lipinski definition) is 10. The maximum absolute atomic E-state index is 13.3. The highest BCUT2D eigenvalue weighted by atomic mass is 16.7. The molecule has 9 atom stereocenters. The van der Waals surface area contributed by atoms with E-state index in [4.69, 9.17) is 9.47 Å². The molecule has 1 rings (SSSR count). The number of allylic oxidation sites excluding steroid dienone is 8. The molecule has 0 bridgehead atoms. The second kappa shape index (κ2) is 64.2. The third-order valence-corrected chi connectivity index (χ3v) is 18.1. The van der Waals surface area contributed by atoms with E-state index in [2.05, 4.69) is 67.8 Å². The van der Waals surface area contributed by atoms with Gasteiger partial charge in [0.15, 0.2) is 6.29 Å². The van der Waals surface area contributed by atoms with Gasteiger partial charge in [0.25, 0.3) is 0 Å². The van der Waals surface area contributed by atoms with E-state index >= 15 is 0 Å². The van der Waals surface area contributed by atoms with Gasteiger partial charge in [-0.1, -0.05) is 319 Å². The molecule has 1 saturated heterocycles. The molecule has 0 spiro atoms. The Morgan fingerprint density at radius 1 is 0.391 bits per heavy atom. The molecule has 1 amide bonds. The molecule has 1 aliphatic rings. The third kappa shape index (κ3) is 51.3. The lowest BCUT2D eigenvalue weighted by atomic mass is 9.98. The van der Waals surface area contributed by atoms with Crippen LogP contribution in [0, 0.1) is 0 Å². The van der Waals surface area contributed by atoms with Crippen LogP contribution in [0.1, 0.15) is 361 Å². The number of carbonyl (C=O) groups excluding carboxylic acids is 1. The summed E-state index contributed by atoms with van der Waals surface area (Å²) < 4.78 is 11.2. The predicted molar refractivity (Wildman–Crippen MR) is 367 cm³/mol. The summed E-state index contributed by atoms with van der Waals surface area (Å²) in [5, 5.41) is 76.5. The van der Waals surface area contributed by atoms with Crippen molar-refractivity contribution in [3.05, 3.63) is 48.6 Å². The maximum atomic E-state index is 13.3. The van der Waals surface area contributed by atoms with Gasteiger partial charge in [-0.25, -0.2) is 0 Å². The highest BCUT2D eigenvalue weighted by Gasteiger charge is 2.44. The Morgan fingerprint density at radius 2 is 0.690 bits per heavy atom. The molecule has 87 heavy (non-hydrogen) atoms. The second-order valence-corrected chi connectivity index (χ2v) is 26.3. The van der Waals surface area contributed by atoms with E-state index < -0.39 is 74.2 Å². The predicted octanol–water partition coefficient (Wildman–Crippen LogP) is 18.7. The molecule has 1 fully saturated rings. The van der Waals surface area contributed by atoms with Crippen LogP contribution in [0.4, 0.5) is 0 Å². The average molecular weight is 1230 g/mol. The van der Waals surface area contributed by atoms with Crippen molar-refractivity contribution in [2.45, 2.75) is 416 Å². The van der Waals surface area contributed by atoms with Gasteiger partial charge < -0.3 is 50.5 Å². The van der Waals surface area contributed by atoms with E-state index in [9.17, 15) is 40.5 Å². The van der Waals surface area contributed by atoms with E-state index in [-0.39, 0.29) is 12.8 Å². The highest BCUT2D eigenvalue weighted by molar-refractivity contribution is 5.80. The Bertz CT molecular complexity index is 1560. The number of rotatable bonds is 66. The molecule has 0 aromatic rings. The molecular weight excluding hydrogens is 1090 g/mol. The smallest absolute Gasteiger partial charge is 0.249 e. The van der Waals surface area contributed by atoms with Gasteiger partial charge in [-0.15, -0.1) is 0 Å². The van der Waals surface area contributed by atoms with Crippen LogP contribution < -0.4 is 5.32 Å². The molecule has 9 unspecified atom stereocenters. The standard InChI is InChI=1S/C76H143NO10/c1-3-5-7-9-11-13-15-17-19-21-23-25-27-29-31-32-33-34-35-36-37-38-40-42-44-46-48-50-52-54-56-58-60-62-64-69(80)75(85)77-67(66-86-76-74(84)73(83)72(82)70(65-78)87-76)71(81)68(79)63-61-59-57-55-53-51-49-47-45-43-41-39-30-28-26-24-22-20-18-16-14-12-10-8-6-4-2/h32-33,39,41,47,49,55,57,67-74,76,78-84H,3-31,34-38,40,42-46,48,50-54,56,58-66H2,1-2H3,(H,77,85)/b33-32-,41-39+,49-47+,57-55+. The second-order valence-electron chi connectivity index (χ2n) is 26.3. The Labute approximate surface area is 536 Å². The van der Waals surface area contributed by atoms with Crippen LogP contribution in [0.25, 0.3) is 0 Å². The third-order valence-electron chi connectivity index (χ3n) is 18.1. The summed E-state index contributed by atoms with van der Waals surface area (Å²) in [6.07, 6.45) is 73.6. The monoisotopic (exact) mass is 1230 g/mol. The van der Waals surface area contributed by atoms with Crippen LogP contribution in [0.5, 0.6) is 0 Å². The first-order valence-corrected chi connectivity index (χ1v) is 37.5. The molecule has 0 saturated carbocycles. The fraction of sp³-hybridized carbons (Fsp3) is 0.882. The summed E-state index contributed by atoms with van der Waals surface area (Å²) in [5.74, 6) is -0.707. The van der Waals surface area contributed by atoms with Crippen molar-refractivity contribution < 1.29 is 50.0 Å². The zero-order valence-corrected chi connectivity index (χ0v) is 56.8. The number of hydrogen-bond donors (Lipinski definition) is 8. The summed E-state index contributed by atoms with van der Waals surface area (Å²) in [5.41, 5.74) is 0. The highest BCUT2D eigenvalue weighted by Crippen LogP contribution is 2.24. The molecule has 1 aliphatic heterocycles. The lowest BCUT2D eigenvalue weighted by Crippen LogP contribution is -2.60. The molecule has 11 nitrogen and oxygen atoms in total. The van der Waals surface area contributed by atoms with Crippen LogP contribution in [-0.4, -0.2) is 110 Å². The first-order valence-electron chi connectivity index (χ1n) is 37.5. The summed E-state index contributed by atoms with van der Waals surface area (Å²) in [6, 6.07) is -1.20. The molecule has 11 heteroatoms. The van der Waals surface area contributed by atoms with Crippen LogP contribution in [0.15, 0.2) is 48.6 Å². The van der Waals surface area contributed by atoms with Crippen molar-refractivity contribution in [1.82, 2.24) is 5.32 Å². The van der Waals surface area contributed by atoms with Crippen molar-refractivity contribution in [3.8, 4) is 0 Å². The fourth-order valence-corrected chi connectivity index (χ4v) is 12.1. The largest absolute Gasteiger partial charge is 0.394 e. The molecule has 0 aromatic heterocycles. The minimum atomic E-state index is -1.67. The normalized spacial score (nSPS) is 18.9. The van der Waals surface area contributed by atoms with Crippen molar-refractivity contribution in [1.29, 1.82) is 0 Å². The Balaban J connectivity index is 2.19. The van der Waals surface area contributed by atoms with Crippen LogP contribution in [0.2, 0.25) is 0 Å². The summed E-state index contributed by atoms with van der Waals surface area (Å²) in [4.78, 5) is 13.3. The van der Waals surface area contributed by atoms with E-state index in [0.717, 1.165) is 44.9 Å². The first-order chi connectivity index (χ1) is 42.7. The summed E-state index contributed by atoms with van der Waals surface area (Å²) >= 11 is 0. The lowest BCUT2D eigenvalue weighted by Gasteiger charge is -2.40. The van der Waals surface area contributed by atoms with E-state index in [1.54, 1.807) is 0 Å². The number of unbranched alkanes of at least 4 members (excludes halogenated alkanes) is 46. The quantitative estimate of drug-likeness (QED) is 0.0215. The number of nitrogens with one attached hydrogen (secondary N) is 1. The number of aliphatic hydroxyl groups excluding tert-OH is 7. The zero-order chi connectivity index (χ0) is 63.1. The van der Waals surface area contributed by atoms with Crippen LogP contribution in [-0.2, 0) is 14.3 Å². The van der Waals surface area contributed by atoms with E-state index in [0.29, 0.717) is 19.3 Å². The van der Waals surface area contributed by atoms with Gasteiger partial charge in [0, 0.05) is 0 Å². The minimum Gasteiger partial charge on any atom is -0.394 e. The molecule has 0 aliphatic carbocycles. The molecule has 0 radical (unpaired) electrons. The number of aliphatic hydroxyl groups is 7. The van der Waals surface area contributed by atoms with Gasteiger partial charge in [0.1, 0.15) is 36.6 Å². The Morgan fingerprint density at radius 3 is 1.02 bits per heavy atom.